The molecular formula is C24H30N2O3S. The van der Waals surface area contributed by atoms with Gasteiger partial charge in [-0.15, -0.1) is 11.3 Å². The summed E-state index contributed by atoms with van der Waals surface area (Å²) in [6.07, 6.45) is 6.60. The van der Waals surface area contributed by atoms with E-state index in [0.717, 1.165) is 56.8 Å². The average Bonchev–Trinajstić information content (AvgIpc) is 3.11. The second-order valence-electron chi connectivity index (χ2n) is 8.54. The molecule has 2 heterocycles. The first-order valence-electron chi connectivity index (χ1n) is 10.9. The third kappa shape index (κ3) is 4.60. The van der Waals surface area contributed by atoms with Gasteiger partial charge in [-0.3, -0.25) is 9.69 Å². The highest BCUT2D eigenvalue weighted by atomic mass is 32.1. The molecule has 5 nitrogen and oxygen atoms in total. The van der Waals surface area contributed by atoms with Crippen molar-refractivity contribution in [1.29, 1.82) is 0 Å². The first kappa shape index (κ1) is 21.1. The van der Waals surface area contributed by atoms with Crippen LogP contribution in [0.5, 0.6) is 0 Å². The van der Waals surface area contributed by atoms with Crippen LogP contribution in [0.2, 0.25) is 0 Å². The number of nitrogens with zero attached hydrogens (tertiary/aromatic N) is 1. The van der Waals surface area contributed by atoms with Crippen molar-refractivity contribution in [2.75, 3.05) is 25.5 Å². The van der Waals surface area contributed by atoms with Crippen molar-refractivity contribution in [3.8, 4) is 0 Å². The Balaban J connectivity index is 1.46. The topological polar surface area (TPSA) is 58.6 Å². The summed E-state index contributed by atoms with van der Waals surface area (Å²) >= 11 is 1.52. The number of esters is 1. The van der Waals surface area contributed by atoms with Gasteiger partial charge in [0, 0.05) is 23.5 Å². The average molecular weight is 427 g/mol. The van der Waals surface area contributed by atoms with Gasteiger partial charge in [0.1, 0.15) is 5.00 Å². The molecule has 2 aliphatic rings. The predicted octanol–water partition coefficient (Wildman–Crippen LogP) is 4.90. The summed E-state index contributed by atoms with van der Waals surface area (Å²) in [5.41, 5.74) is 3.43. The number of piperidine rings is 1. The van der Waals surface area contributed by atoms with Gasteiger partial charge >= 0.3 is 5.97 Å². The molecule has 1 saturated heterocycles. The van der Waals surface area contributed by atoms with E-state index < -0.39 is 0 Å². The molecule has 0 bridgehead atoms. The first-order chi connectivity index (χ1) is 14.5. The number of hydrogen-bond acceptors (Lipinski definition) is 5. The minimum absolute atomic E-state index is 0.183. The van der Waals surface area contributed by atoms with Crippen LogP contribution in [0.15, 0.2) is 24.3 Å². The minimum atomic E-state index is -0.365. The molecule has 0 saturated carbocycles. The largest absolute Gasteiger partial charge is 0.465 e. The number of benzene rings is 1. The van der Waals surface area contributed by atoms with Crippen LogP contribution in [0.1, 0.15) is 69.3 Å². The number of anilines is 1. The van der Waals surface area contributed by atoms with E-state index >= 15 is 0 Å². The zero-order chi connectivity index (χ0) is 21.1. The molecule has 6 heteroatoms. The van der Waals surface area contributed by atoms with Gasteiger partial charge in [0.2, 0.25) is 0 Å². The molecule has 0 spiro atoms. The number of carbonyl (C=O) groups excluding carboxylic acids is 2. The third-order valence-electron chi connectivity index (χ3n) is 6.15. The molecule has 0 radical (unpaired) electrons. The molecule has 2 aromatic rings. The van der Waals surface area contributed by atoms with Crippen molar-refractivity contribution in [2.45, 2.75) is 52.0 Å². The number of thiophene rings is 1. The summed E-state index contributed by atoms with van der Waals surface area (Å²) < 4.78 is 5.00. The number of hydrogen-bond donors (Lipinski definition) is 1. The van der Waals surface area contributed by atoms with Gasteiger partial charge in [-0.1, -0.05) is 19.1 Å². The number of methoxy groups -OCH3 is 1. The maximum Gasteiger partial charge on any atom is 0.341 e. The summed E-state index contributed by atoms with van der Waals surface area (Å²) in [4.78, 5) is 28.9. The van der Waals surface area contributed by atoms with Crippen LogP contribution in [-0.2, 0) is 24.1 Å². The van der Waals surface area contributed by atoms with Gasteiger partial charge in [-0.05, 0) is 74.2 Å². The first-order valence-corrected chi connectivity index (χ1v) is 11.7. The number of amides is 1. The number of aryl methyl sites for hydroxylation is 1. The zero-order valence-corrected chi connectivity index (χ0v) is 18.6. The molecule has 1 fully saturated rings. The fourth-order valence-electron chi connectivity index (χ4n) is 4.60. The van der Waals surface area contributed by atoms with Crippen LogP contribution in [0.25, 0.3) is 0 Å². The van der Waals surface area contributed by atoms with E-state index in [-0.39, 0.29) is 11.9 Å². The van der Waals surface area contributed by atoms with Gasteiger partial charge in [0.05, 0.1) is 12.7 Å². The molecule has 1 aromatic carbocycles. The van der Waals surface area contributed by atoms with Crippen molar-refractivity contribution in [3.63, 3.8) is 0 Å². The number of likely N-dealkylation sites (tertiary alicyclic amines) is 1. The fourth-order valence-corrected chi connectivity index (χ4v) is 5.87. The Morgan fingerprint density at radius 1 is 1.17 bits per heavy atom. The molecule has 1 aliphatic heterocycles. The summed E-state index contributed by atoms with van der Waals surface area (Å²) in [5.74, 6) is 0.206. The van der Waals surface area contributed by atoms with Crippen molar-refractivity contribution in [1.82, 2.24) is 4.90 Å². The molecule has 1 aromatic heterocycles. The van der Waals surface area contributed by atoms with E-state index in [9.17, 15) is 9.59 Å². The monoisotopic (exact) mass is 426 g/mol. The molecule has 4 rings (SSSR count). The van der Waals surface area contributed by atoms with Crippen molar-refractivity contribution in [3.05, 3.63) is 51.4 Å². The van der Waals surface area contributed by atoms with Crippen LogP contribution in [0, 0.1) is 5.92 Å². The van der Waals surface area contributed by atoms with Crippen molar-refractivity contribution in [2.24, 2.45) is 5.92 Å². The van der Waals surface area contributed by atoms with E-state index in [4.69, 9.17) is 4.74 Å². The highest BCUT2D eigenvalue weighted by Gasteiger charge is 2.27. The van der Waals surface area contributed by atoms with Gasteiger partial charge in [-0.2, -0.15) is 0 Å². The number of carbonyl (C=O) groups is 2. The molecular weight excluding hydrogens is 396 g/mol. The number of rotatable bonds is 5. The summed E-state index contributed by atoms with van der Waals surface area (Å²) in [6, 6.07) is 7.83. The number of fused-ring (bicyclic) bond motifs is 1. The minimum Gasteiger partial charge on any atom is -0.465 e. The lowest BCUT2D eigenvalue weighted by Gasteiger charge is -2.30. The Kier molecular flexibility index (Phi) is 6.54. The highest BCUT2D eigenvalue weighted by molar-refractivity contribution is 7.17. The fraction of sp³-hybridized carbons (Fsp3) is 0.500. The van der Waals surface area contributed by atoms with E-state index in [1.807, 2.05) is 24.3 Å². The second-order valence-corrected chi connectivity index (χ2v) is 9.65. The van der Waals surface area contributed by atoms with Gasteiger partial charge in [0.15, 0.2) is 0 Å². The van der Waals surface area contributed by atoms with Gasteiger partial charge in [0.25, 0.3) is 5.91 Å². The standard InChI is InChI=1S/C24H30N2O3S/c1-16-6-5-13-26(14-16)15-17-9-11-18(12-10-17)22(27)25-23-21(24(28)29-2)19-7-3-4-8-20(19)30-23/h9-12,16H,3-8,13-15H2,1-2H3,(H,25,27)/t16-/m0/s1. The number of nitrogens with one attached hydrogen (secondary N) is 1. The third-order valence-corrected chi connectivity index (χ3v) is 7.36. The Labute approximate surface area is 182 Å². The van der Waals surface area contributed by atoms with E-state index in [1.54, 1.807) is 0 Å². The lowest BCUT2D eigenvalue weighted by molar-refractivity contribution is 0.0601. The Morgan fingerprint density at radius 2 is 1.93 bits per heavy atom. The lowest BCUT2D eigenvalue weighted by atomic mass is 9.95. The highest BCUT2D eigenvalue weighted by Crippen LogP contribution is 2.38. The zero-order valence-electron chi connectivity index (χ0n) is 17.8. The maximum atomic E-state index is 12.9. The van der Waals surface area contributed by atoms with Crippen LogP contribution in [-0.4, -0.2) is 37.0 Å². The molecule has 0 unspecified atom stereocenters. The summed E-state index contributed by atoms with van der Waals surface area (Å²) in [7, 11) is 1.39. The Bertz CT molecular complexity index is 919. The van der Waals surface area contributed by atoms with Gasteiger partial charge in [-0.25, -0.2) is 4.79 Å². The lowest BCUT2D eigenvalue weighted by Crippen LogP contribution is -2.33. The summed E-state index contributed by atoms with van der Waals surface area (Å²) in [5, 5.41) is 3.59. The second kappa shape index (κ2) is 9.31. The predicted molar refractivity (Wildman–Crippen MR) is 120 cm³/mol. The van der Waals surface area contributed by atoms with Crippen molar-refractivity contribution < 1.29 is 14.3 Å². The van der Waals surface area contributed by atoms with Crippen LogP contribution < -0.4 is 5.32 Å². The molecule has 1 N–H and O–H groups in total. The normalized spacial score (nSPS) is 19.2. The quantitative estimate of drug-likeness (QED) is 0.691. The van der Waals surface area contributed by atoms with Crippen LogP contribution in [0.3, 0.4) is 0 Å². The maximum absolute atomic E-state index is 12.9. The SMILES string of the molecule is COC(=O)c1c(NC(=O)c2ccc(CN3CCC[C@H](C)C3)cc2)sc2c1CCCC2. The van der Waals surface area contributed by atoms with E-state index in [1.165, 1.54) is 41.7 Å². The number of ether oxygens (including phenoxy) is 1. The molecule has 30 heavy (non-hydrogen) atoms. The van der Waals surface area contributed by atoms with E-state index in [0.29, 0.717) is 16.1 Å². The summed E-state index contributed by atoms with van der Waals surface area (Å²) in [6.45, 7) is 5.52. The smallest absolute Gasteiger partial charge is 0.341 e. The van der Waals surface area contributed by atoms with Crippen LogP contribution >= 0.6 is 11.3 Å². The van der Waals surface area contributed by atoms with Crippen molar-refractivity contribution >= 4 is 28.2 Å². The Hall–Kier alpha value is -2.18. The molecule has 160 valence electrons. The van der Waals surface area contributed by atoms with Gasteiger partial charge < -0.3 is 10.1 Å². The Morgan fingerprint density at radius 3 is 2.67 bits per heavy atom. The molecule has 1 amide bonds. The van der Waals surface area contributed by atoms with Crippen LogP contribution in [0.4, 0.5) is 5.00 Å². The molecule has 1 aliphatic carbocycles. The van der Waals surface area contributed by atoms with E-state index in [2.05, 4.69) is 17.1 Å². The molecule has 1 atom stereocenters.